The predicted octanol–water partition coefficient (Wildman–Crippen LogP) is 3.61. The molecule has 4 aliphatic rings. The standard InChI is InChI=1S/C27H42N4O4/c1-16(2)15-35-25-21(14-28-31(25)8-7-26(5,6)30-23(32)17(3)4)24(33)29-22-19-9-18-10-20(22)13-27(34,11-18)12-19/h7-8,14,16-20,22,34H,9-13,15H2,1-6H3,(H,29,33)(H,30,32)/b8-7+. The first-order valence-corrected chi connectivity index (χ1v) is 13.1. The average molecular weight is 487 g/mol. The number of amides is 2. The number of carbonyl (C=O) groups excluding carboxylic acids is 2. The smallest absolute Gasteiger partial charge is 0.258 e. The quantitative estimate of drug-likeness (QED) is 0.495. The number of aliphatic hydroxyl groups is 1. The summed E-state index contributed by atoms with van der Waals surface area (Å²) in [6.07, 6.45) is 9.79. The van der Waals surface area contributed by atoms with Crippen molar-refractivity contribution in [2.45, 2.75) is 90.8 Å². The third kappa shape index (κ3) is 5.74. The molecule has 35 heavy (non-hydrogen) atoms. The summed E-state index contributed by atoms with van der Waals surface area (Å²) in [5, 5.41) is 21.6. The summed E-state index contributed by atoms with van der Waals surface area (Å²) in [6.45, 7) is 12.1. The molecule has 3 N–H and O–H groups in total. The fourth-order valence-corrected chi connectivity index (χ4v) is 6.21. The lowest BCUT2D eigenvalue weighted by atomic mass is 9.52. The molecule has 194 valence electrons. The summed E-state index contributed by atoms with van der Waals surface area (Å²) in [5.41, 5.74) is -0.713. The minimum Gasteiger partial charge on any atom is -0.477 e. The second-order valence-corrected chi connectivity index (χ2v) is 12.4. The molecule has 8 heteroatoms. The molecule has 0 aromatic carbocycles. The van der Waals surface area contributed by atoms with E-state index in [1.165, 1.54) is 0 Å². The molecule has 1 heterocycles. The van der Waals surface area contributed by atoms with Crippen molar-refractivity contribution in [1.82, 2.24) is 20.4 Å². The van der Waals surface area contributed by atoms with Gasteiger partial charge in [0, 0.05) is 18.2 Å². The second-order valence-electron chi connectivity index (χ2n) is 12.4. The van der Waals surface area contributed by atoms with Crippen LogP contribution >= 0.6 is 0 Å². The van der Waals surface area contributed by atoms with Gasteiger partial charge in [0.2, 0.25) is 11.8 Å². The summed E-state index contributed by atoms with van der Waals surface area (Å²) in [7, 11) is 0. The van der Waals surface area contributed by atoms with Crippen LogP contribution in [0.4, 0.5) is 0 Å². The molecule has 2 amide bonds. The SMILES string of the molecule is CC(C)COc1c(C(=O)NC2C3CC4CC2CC(O)(C4)C3)cnn1/C=C/C(C)(C)NC(=O)C(C)C. The van der Waals surface area contributed by atoms with E-state index in [4.69, 9.17) is 4.74 Å². The molecule has 4 aliphatic carbocycles. The second kappa shape index (κ2) is 9.60. The van der Waals surface area contributed by atoms with Crippen LogP contribution in [0.15, 0.2) is 12.3 Å². The van der Waals surface area contributed by atoms with Crippen LogP contribution in [0.5, 0.6) is 5.88 Å². The zero-order valence-electron chi connectivity index (χ0n) is 22.0. The Bertz CT molecular complexity index is 964. The van der Waals surface area contributed by atoms with Crippen molar-refractivity contribution in [3.8, 4) is 5.88 Å². The third-order valence-corrected chi connectivity index (χ3v) is 7.69. The average Bonchev–Trinajstić information content (AvgIpc) is 3.14. The van der Waals surface area contributed by atoms with E-state index in [0.29, 0.717) is 35.8 Å². The fraction of sp³-hybridized carbons (Fsp3) is 0.741. The first-order chi connectivity index (χ1) is 16.4. The lowest BCUT2D eigenvalue weighted by molar-refractivity contribution is -0.137. The number of rotatable bonds is 9. The maximum atomic E-state index is 13.4. The number of ether oxygens (including phenoxy) is 1. The van der Waals surface area contributed by atoms with Gasteiger partial charge in [0.25, 0.3) is 5.91 Å². The highest BCUT2D eigenvalue weighted by atomic mass is 16.5. The van der Waals surface area contributed by atoms with Gasteiger partial charge in [-0.05, 0) is 75.7 Å². The van der Waals surface area contributed by atoms with Gasteiger partial charge in [-0.2, -0.15) is 5.10 Å². The van der Waals surface area contributed by atoms with Crippen LogP contribution in [0.3, 0.4) is 0 Å². The molecule has 1 aromatic rings. The van der Waals surface area contributed by atoms with Gasteiger partial charge in [-0.15, -0.1) is 0 Å². The van der Waals surface area contributed by atoms with Gasteiger partial charge in [0.1, 0.15) is 5.56 Å². The number of nitrogens with zero attached hydrogens (tertiary/aromatic N) is 2. The molecule has 4 saturated carbocycles. The highest BCUT2D eigenvalue weighted by molar-refractivity contribution is 5.96. The van der Waals surface area contributed by atoms with Crippen molar-refractivity contribution in [1.29, 1.82) is 0 Å². The molecule has 0 radical (unpaired) electrons. The Labute approximate surface area is 208 Å². The Morgan fingerprint density at radius 3 is 2.46 bits per heavy atom. The summed E-state index contributed by atoms with van der Waals surface area (Å²) in [6, 6.07) is 0.0846. The summed E-state index contributed by atoms with van der Waals surface area (Å²) >= 11 is 0. The van der Waals surface area contributed by atoms with E-state index in [-0.39, 0.29) is 29.7 Å². The summed E-state index contributed by atoms with van der Waals surface area (Å²) in [4.78, 5) is 25.6. The zero-order valence-corrected chi connectivity index (χ0v) is 22.0. The van der Waals surface area contributed by atoms with Crippen molar-refractivity contribution in [2.24, 2.45) is 29.6 Å². The molecule has 1 aromatic heterocycles. The Morgan fingerprint density at radius 1 is 1.23 bits per heavy atom. The van der Waals surface area contributed by atoms with Gasteiger partial charge in [-0.3, -0.25) is 9.59 Å². The zero-order chi connectivity index (χ0) is 25.5. The first kappa shape index (κ1) is 25.7. The van der Waals surface area contributed by atoms with Crippen molar-refractivity contribution in [3.05, 3.63) is 17.8 Å². The lowest BCUT2D eigenvalue weighted by Gasteiger charge is -2.58. The lowest BCUT2D eigenvalue weighted by Crippen LogP contribution is -2.61. The molecule has 0 spiro atoms. The molecule has 0 aliphatic heterocycles. The molecule has 5 rings (SSSR count). The molecular formula is C27H42N4O4. The molecule has 4 fully saturated rings. The van der Waals surface area contributed by atoms with E-state index >= 15 is 0 Å². The van der Waals surface area contributed by atoms with Gasteiger partial charge in [0.15, 0.2) is 0 Å². The molecule has 0 saturated heterocycles. The van der Waals surface area contributed by atoms with Crippen LogP contribution in [0.25, 0.3) is 6.20 Å². The van der Waals surface area contributed by atoms with E-state index in [0.717, 1.165) is 32.1 Å². The van der Waals surface area contributed by atoms with E-state index in [1.807, 2.05) is 33.8 Å². The van der Waals surface area contributed by atoms with Gasteiger partial charge < -0.3 is 20.5 Å². The molecule has 8 nitrogen and oxygen atoms in total. The number of hydrogen-bond donors (Lipinski definition) is 3. The van der Waals surface area contributed by atoms with Gasteiger partial charge >= 0.3 is 0 Å². The van der Waals surface area contributed by atoms with Gasteiger partial charge in [-0.1, -0.05) is 27.7 Å². The fourth-order valence-electron chi connectivity index (χ4n) is 6.21. The minimum absolute atomic E-state index is 0.0308. The third-order valence-electron chi connectivity index (χ3n) is 7.69. The van der Waals surface area contributed by atoms with Crippen LogP contribution in [0.1, 0.15) is 84.0 Å². The molecule has 2 unspecified atom stereocenters. The van der Waals surface area contributed by atoms with Crippen LogP contribution < -0.4 is 15.4 Å². The monoisotopic (exact) mass is 486 g/mol. The highest BCUT2D eigenvalue weighted by Gasteiger charge is 2.55. The van der Waals surface area contributed by atoms with Crippen molar-refractivity contribution in [3.63, 3.8) is 0 Å². The van der Waals surface area contributed by atoms with Crippen molar-refractivity contribution >= 4 is 18.0 Å². The number of aromatic nitrogens is 2. The van der Waals surface area contributed by atoms with E-state index < -0.39 is 11.1 Å². The van der Waals surface area contributed by atoms with E-state index in [9.17, 15) is 14.7 Å². The normalized spacial score (nSPS) is 29.9. The van der Waals surface area contributed by atoms with E-state index in [1.54, 1.807) is 17.1 Å². The Hall–Kier alpha value is -2.35. The predicted molar refractivity (Wildman–Crippen MR) is 135 cm³/mol. The Balaban J connectivity index is 1.51. The van der Waals surface area contributed by atoms with E-state index in [2.05, 4.69) is 29.6 Å². The maximum Gasteiger partial charge on any atom is 0.258 e. The Morgan fingerprint density at radius 2 is 1.89 bits per heavy atom. The number of hydrogen-bond acceptors (Lipinski definition) is 5. The molecule has 4 bridgehead atoms. The van der Waals surface area contributed by atoms with Crippen LogP contribution in [-0.2, 0) is 4.79 Å². The minimum atomic E-state index is -0.592. The number of carbonyl (C=O) groups is 2. The maximum absolute atomic E-state index is 13.4. The highest BCUT2D eigenvalue weighted by Crippen LogP contribution is 2.55. The van der Waals surface area contributed by atoms with Crippen molar-refractivity contribution in [2.75, 3.05) is 6.61 Å². The van der Waals surface area contributed by atoms with Crippen LogP contribution in [-0.4, -0.2) is 50.5 Å². The summed E-state index contributed by atoms with van der Waals surface area (Å²) < 4.78 is 7.63. The summed E-state index contributed by atoms with van der Waals surface area (Å²) in [5.74, 6) is 1.61. The number of nitrogens with one attached hydrogen (secondary N) is 2. The largest absolute Gasteiger partial charge is 0.477 e. The van der Waals surface area contributed by atoms with Crippen LogP contribution in [0, 0.1) is 29.6 Å². The van der Waals surface area contributed by atoms with Gasteiger partial charge in [-0.25, -0.2) is 4.68 Å². The Kier molecular flexibility index (Phi) is 7.06. The van der Waals surface area contributed by atoms with Crippen LogP contribution in [0.2, 0.25) is 0 Å². The first-order valence-electron chi connectivity index (χ1n) is 13.1. The molecular weight excluding hydrogens is 444 g/mol. The molecule has 2 atom stereocenters. The topological polar surface area (TPSA) is 105 Å². The van der Waals surface area contributed by atoms with Crippen molar-refractivity contribution < 1.29 is 19.4 Å². The van der Waals surface area contributed by atoms with Gasteiger partial charge in [0.05, 0.1) is 23.9 Å².